The van der Waals surface area contributed by atoms with Crippen molar-refractivity contribution in [2.75, 3.05) is 7.11 Å². The largest absolute Gasteiger partial charge is 0.494 e. The van der Waals surface area contributed by atoms with Gasteiger partial charge < -0.3 is 9.15 Å². The highest BCUT2D eigenvalue weighted by molar-refractivity contribution is 6.16. The molecule has 0 atom stereocenters. The molecular weight excluding hydrogens is 190 g/mol. The van der Waals surface area contributed by atoms with Crippen molar-refractivity contribution in [3.05, 3.63) is 24.1 Å². The number of fused-ring (bicyclic) bond motifs is 1. The van der Waals surface area contributed by atoms with Crippen molar-refractivity contribution < 1.29 is 9.15 Å². The van der Waals surface area contributed by atoms with Gasteiger partial charge >= 0.3 is 0 Å². The summed E-state index contributed by atoms with van der Waals surface area (Å²) < 4.78 is 10.5. The molecular formula is C9H8ClNO2. The summed E-state index contributed by atoms with van der Waals surface area (Å²) in [6, 6.07) is 5.52. The fourth-order valence-corrected chi connectivity index (χ4v) is 1.31. The minimum Gasteiger partial charge on any atom is -0.494 e. The lowest BCUT2D eigenvalue weighted by molar-refractivity contribution is 0.419. The highest BCUT2D eigenvalue weighted by atomic mass is 35.5. The molecule has 0 N–H and O–H groups in total. The predicted molar refractivity (Wildman–Crippen MR) is 50.1 cm³/mol. The summed E-state index contributed by atoms with van der Waals surface area (Å²) in [6.45, 7) is 0. The molecule has 0 bridgehead atoms. The number of hydrogen-bond donors (Lipinski definition) is 0. The Morgan fingerprint density at radius 3 is 3.08 bits per heavy atom. The fraction of sp³-hybridized carbons (Fsp3) is 0.222. The van der Waals surface area contributed by atoms with Crippen molar-refractivity contribution in [1.82, 2.24) is 4.98 Å². The highest BCUT2D eigenvalue weighted by Crippen LogP contribution is 2.25. The van der Waals surface area contributed by atoms with E-state index in [0.717, 1.165) is 5.52 Å². The van der Waals surface area contributed by atoms with Crippen LogP contribution in [0.15, 0.2) is 22.6 Å². The van der Waals surface area contributed by atoms with Gasteiger partial charge in [0.15, 0.2) is 11.1 Å². The molecule has 2 rings (SSSR count). The molecule has 68 valence electrons. The molecule has 1 aromatic heterocycles. The van der Waals surface area contributed by atoms with Crippen molar-refractivity contribution in [1.29, 1.82) is 0 Å². The first kappa shape index (κ1) is 8.38. The lowest BCUT2D eigenvalue weighted by Gasteiger charge is -1.96. The standard InChI is InChI=1S/C9H8ClNO2/c1-12-6-3-2-4-7-9(6)11-8(5-10)13-7/h2-4H,5H2,1H3. The zero-order valence-corrected chi connectivity index (χ0v) is 7.84. The summed E-state index contributed by atoms with van der Waals surface area (Å²) in [5.41, 5.74) is 1.43. The number of ether oxygens (including phenoxy) is 1. The van der Waals surface area contributed by atoms with Crippen molar-refractivity contribution in [2.45, 2.75) is 5.88 Å². The Bertz CT molecular complexity index is 424. The van der Waals surface area contributed by atoms with Crippen LogP contribution >= 0.6 is 11.6 Å². The summed E-state index contributed by atoms with van der Waals surface area (Å²) in [7, 11) is 1.60. The molecule has 4 heteroatoms. The number of methoxy groups -OCH3 is 1. The van der Waals surface area contributed by atoms with E-state index in [1.54, 1.807) is 7.11 Å². The number of aromatic nitrogens is 1. The molecule has 0 aliphatic rings. The monoisotopic (exact) mass is 197 g/mol. The summed E-state index contributed by atoms with van der Waals surface area (Å²) in [5, 5.41) is 0. The Hall–Kier alpha value is -1.22. The van der Waals surface area contributed by atoms with Crippen LogP contribution in [0.4, 0.5) is 0 Å². The second-order valence-corrected chi connectivity index (χ2v) is 2.82. The first-order chi connectivity index (χ1) is 6.35. The maximum atomic E-state index is 5.60. The molecule has 0 spiro atoms. The van der Waals surface area contributed by atoms with Crippen LogP contribution < -0.4 is 4.74 Å². The van der Waals surface area contributed by atoms with Gasteiger partial charge in [-0.15, -0.1) is 11.6 Å². The van der Waals surface area contributed by atoms with Gasteiger partial charge in [-0.2, -0.15) is 0 Å². The van der Waals surface area contributed by atoms with Crippen LogP contribution in [-0.4, -0.2) is 12.1 Å². The first-order valence-corrected chi connectivity index (χ1v) is 4.37. The molecule has 0 saturated heterocycles. The van der Waals surface area contributed by atoms with Crippen LogP contribution in [0.25, 0.3) is 11.1 Å². The Morgan fingerprint density at radius 2 is 2.38 bits per heavy atom. The summed E-state index contributed by atoms with van der Waals surface area (Å²) in [4.78, 5) is 4.18. The summed E-state index contributed by atoms with van der Waals surface area (Å²) in [6.07, 6.45) is 0. The van der Waals surface area contributed by atoms with E-state index in [2.05, 4.69) is 4.98 Å². The second kappa shape index (κ2) is 3.26. The maximum absolute atomic E-state index is 5.60. The van der Waals surface area contributed by atoms with Crippen LogP contribution in [-0.2, 0) is 5.88 Å². The van der Waals surface area contributed by atoms with E-state index in [4.69, 9.17) is 20.8 Å². The number of alkyl halides is 1. The van der Waals surface area contributed by atoms with Crippen molar-refractivity contribution in [3.8, 4) is 5.75 Å². The average Bonchev–Trinajstić information content (AvgIpc) is 2.59. The van der Waals surface area contributed by atoms with Gasteiger partial charge in [0.2, 0.25) is 5.89 Å². The molecule has 0 fully saturated rings. The van der Waals surface area contributed by atoms with Crippen LogP contribution in [0, 0.1) is 0 Å². The van der Waals surface area contributed by atoms with E-state index in [1.165, 1.54) is 0 Å². The number of para-hydroxylation sites is 1. The van der Waals surface area contributed by atoms with E-state index in [0.29, 0.717) is 17.2 Å². The highest BCUT2D eigenvalue weighted by Gasteiger charge is 2.08. The smallest absolute Gasteiger partial charge is 0.210 e. The number of hydrogen-bond acceptors (Lipinski definition) is 3. The van der Waals surface area contributed by atoms with Crippen LogP contribution in [0.1, 0.15) is 5.89 Å². The van der Waals surface area contributed by atoms with Crippen molar-refractivity contribution >= 4 is 22.7 Å². The van der Waals surface area contributed by atoms with Gasteiger partial charge in [0, 0.05) is 0 Å². The van der Waals surface area contributed by atoms with E-state index < -0.39 is 0 Å². The molecule has 0 aliphatic heterocycles. The number of rotatable bonds is 2. The summed E-state index contributed by atoms with van der Waals surface area (Å²) in [5.74, 6) is 1.50. The Labute approximate surface area is 80.3 Å². The number of nitrogens with zero attached hydrogens (tertiary/aromatic N) is 1. The van der Waals surface area contributed by atoms with Crippen molar-refractivity contribution in [2.24, 2.45) is 0 Å². The SMILES string of the molecule is COc1cccc2oc(CCl)nc12. The van der Waals surface area contributed by atoms with E-state index in [-0.39, 0.29) is 5.88 Å². The minimum atomic E-state index is 0.276. The Morgan fingerprint density at radius 1 is 1.54 bits per heavy atom. The van der Waals surface area contributed by atoms with Gasteiger partial charge in [-0.3, -0.25) is 0 Å². The third kappa shape index (κ3) is 1.35. The average molecular weight is 198 g/mol. The lowest BCUT2D eigenvalue weighted by Crippen LogP contribution is -1.83. The van der Waals surface area contributed by atoms with Gasteiger partial charge in [-0.05, 0) is 12.1 Å². The Kier molecular flexibility index (Phi) is 2.10. The lowest BCUT2D eigenvalue weighted by atomic mass is 10.3. The van der Waals surface area contributed by atoms with Gasteiger partial charge in [0.05, 0.1) is 13.0 Å². The fourth-order valence-electron chi connectivity index (χ4n) is 1.19. The predicted octanol–water partition coefficient (Wildman–Crippen LogP) is 2.58. The third-order valence-electron chi connectivity index (χ3n) is 1.76. The number of halogens is 1. The summed E-state index contributed by atoms with van der Waals surface area (Å²) >= 11 is 5.60. The molecule has 0 unspecified atom stereocenters. The van der Waals surface area contributed by atoms with Gasteiger partial charge in [-0.25, -0.2) is 4.98 Å². The molecule has 1 aromatic carbocycles. The Balaban J connectivity index is 2.67. The zero-order chi connectivity index (χ0) is 9.26. The first-order valence-electron chi connectivity index (χ1n) is 3.83. The molecule has 13 heavy (non-hydrogen) atoms. The molecule has 3 nitrogen and oxygen atoms in total. The molecule has 0 amide bonds. The topological polar surface area (TPSA) is 35.3 Å². The van der Waals surface area contributed by atoms with E-state index in [9.17, 15) is 0 Å². The second-order valence-electron chi connectivity index (χ2n) is 2.55. The normalized spacial score (nSPS) is 10.6. The van der Waals surface area contributed by atoms with Crippen LogP contribution in [0.3, 0.4) is 0 Å². The molecule has 1 heterocycles. The molecule has 2 aromatic rings. The van der Waals surface area contributed by atoms with Gasteiger partial charge in [0.25, 0.3) is 0 Å². The molecule has 0 aliphatic carbocycles. The molecule has 0 radical (unpaired) electrons. The van der Waals surface area contributed by atoms with Crippen molar-refractivity contribution in [3.63, 3.8) is 0 Å². The van der Waals surface area contributed by atoms with E-state index in [1.807, 2.05) is 18.2 Å². The van der Waals surface area contributed by atoms with Gasteiger partial charge in [0.1, 0.15) is 5.75 Å². The maximum Gasteiger partial charge on any atom is 0.210 e. The quantitative estimate of drug-likeness (QED) is 0.695. The minimum absolute atomic E-state index is 0.276. The van der Waals surface area contributed by atoms with Crippen LogP contribution in [0.2, 0.25) is 0 Å². The van der Waals surface area contributed by atoms with E-state index >= 15 is 0 Å². The number of oxazole rings is 1. The number of benzene rings is 1. The zero-order valence-electron chi connectivity index (χ0n) is 7.08. The van der Waals surface area contributed by atoms with Gasteiger partial charge in [-0.1, -0.05) is 6.07 Å². The third-order valence-corrected chi connectivity index (χ3v) is 1.99. The molecule has 0 saturated carbocycles. The van der Waals surface area contributed by atoms with Crippen LogP contribution in [0.5, 0.6) is 5.75 Å².